The third-order valence-electron chi connectivity index (χ3n) is 15.2. The maximum Gasteiger partial charge on any atom is 0.510 e. The van der Waals surface area contributed by atoms with Gasteiger partial charge in [0.05, 0.1) is 24.2 Å². The van der Waals surface area contributed by atoms with Gasteiger partial charge in [-0.15, -0.1) is 0 Å². The molecule has 1 unspecified atom stereocenters. The van der Waals surface area contributed by atoms with E-state index in [2.05, 4.69) is 41.1 Å². The van der Waals surface area contributed by atoms with Gasteiger partial charge in [0.1, 0.15) is 12.8 Å². The molecule has 2 atom stereocenters. The van der Waals surface area contributed by atoms with Crippen molar-refractivity contribution in [3.63, 3.8) is 0 Å². The first-order valence-corrected chi connectivity index (χ1v) is 27.6. The second-order valence-electron chi connectivity index (χ2n) is 20.7. The van der Waals surface area contributed by atoms with Crippen LogP contribution in [0.2, 0.25) is 0 Å². The summed E-state index contributed by atoms with van der Waals surface area (Å²) in [6, 6.07) is 13.0. The first-order chi connectivity index (χ1) is 35.5. The van der Waals surface area contributed by atoms with Crippen LogP contribution in [0.1, 0.15) is 139 Å². The summed E-state index contributed by atoms with van der Waals surface area (Å²) in [5.74, 6) is -0.221. The van der Waals surface area contributed by atoms with E-state index in [9.17, 15) is 24.3 Å². The molecule has 2 aromatic heterocycles. The zero-order valence-electron chi connectivity index (χ0n) is 44.3. The fourth-order valence-corrected chi connectivity index (χ4v) is 10.8. The number of urea groups is 1. The van der Waals surface area contributed by atoms with Crippen LogP contribution >= 0.6 is 0 Å². The van der Waals surface area contributed by atoms with Gasteiger partial charge in [-0.05, 0) is 106 Å². The number of para-hydroxylation sites is 1. The number of carbonyl (C=O) groups excluding carboxylic acids is 3. The summed E-state index contributed by atoms with van der Waals surface area (Å²) in [6.45, 7) is 11.0. The van der Waals surface area contributed by atoms with E-state index in [1.807, 2.05) is 60.5 Å². The van der Waals surface area contributed by atoms with Crippen LogP contribution in [0.3, 0.4) is 0 Å². The van der Waals surface area contributed by atoms with Gasteiger partial charge in [-0.25, -0.2) is 14.3 Å². The lowest BCUT2D eigenvalue weighted by atomic mass is 9.89. The largest absolute Gasteiger partial charge is 0.510 e. The first-order valence-electron chi connectivity index (χ1n) is 27.6. The van der Waals surface area contributed by atoms with Crippen molar-refractivity contribution in [2.45, 2.75) is 168 Å². The Morgan fingerprint density at radius 1 is 0.740 bits per heavy atom. The lowest BCUT2D eigenvalue weighted by Gasteiger charge is -2.43. The summed E-state index contributed by atoms with van der Waals surface area (Å²) < 4.78 is 25.0. The Balaban J connectivity index is 0.985. The SMILES string of the molecule is CCCCCCCCOC(=O)OCn1cc2cc(C[C@@H](NC(=O)N3CCC(c4cc5ccccc5n(COC(O)OCCCCCCCC)c4=O)CC3)C(=O)N3CCN(C4CCN(C)CC4)CC3)cc(C)c2n1. The number of piperazine rings is 1. The zero-order valence-corrected chi connectivity index (χ0v) is 44.3. The third-order valence-corrected chi connectivity index (χ3v) is 15.2. The van der Waals surface area contributed by atoms with E-state index in [1.165, 1.54) is 38.5 Å². The fraction of sp³-hybridized carbons (Fsp3) is 0.661. The van der Waals surface area contributed by atoms with Crippen LogP contribution in [0.4, 0.5) is 9.59 Å². The Morgan fingerprint density at radius 2 is 1.41 bits per heavy atom. The minimum Gasteiger partial charge on any atom is -0.434 e. The summed E-state index contributed by atoms with van der Waals surface area (Å²) in [4.78, 5) is 64.1. The number of aryl methyl sites for hydroxylation is 1. The maximum atomic E-state index is 14.6. The van der Waals surface area contributed by atoms with Gasteiger partial charge < -0.3 is 44.1 Å². The number of hydrogen-bond acceptors (Lipinski definition) is 12. The van der Waals surface area contributed by atoms with E-state index in [-0.39, 0.29) is 43.3 Å². The molecule has 17 nitrogen and oxygen atoms in total. The Bertz CT molecular complexity index is 2420. The van der Waals surface area contributed by atoms with Crippen molar-refractivity contribution >= 4 is 39.9 Å². The molecule has 402 valence electrons. The highest BCUT2D eigenvalue weighted by atomic mass is 16.8. The number of hydrogen-bond donors (Lipinski definition) is 2. The molecule has 0 bridgehead atoms. The number of nitrogens with one attached hydrogen (secondary N) is 1. The highest BCUT2D eigenvalue weighted by Crippen LogP contribution is 2.29. The topological polar surface area (TPSA) is 173 Å². The first kappa shape index (κ1) is 55.7. The molecule has 3 amide bonds. The van der Waals surface area contributed by atoms with Gasteiger partial charge in [-0.2, -0.15) is 5.10 Å². The molecule has 0 aliphatic carbocycles. The predicted molar refractivity (Wildman–Crippen MR) is 283 cm³/mol. The van der Waals surface area contributed by atoms with Crippen molar-refractivity contribution in [2.75, 3.05) is 72.6 Å². The van der Waals surface area contributed by atoms with E-state index >= 15 is 0 Å². The van der Waals surface area contributed by atoms with Crippen LogP contribution in [0, 0.1) is 6.92 Å². The molecule has 0 saturated carbocycles. The van der Waals surface area contributed by atoms with Crippen molar-refractivity contribution in [3.05, 3.63) is 75.7 Å². The van der Waals surface area contributed by atoms with Gasteiger partial charge in [-0.1, -0.05) is 102 Å². The van der Waals surface area contributed by atoms with E-state index < -0.39 is 18.7 Å². The van der Waals surface area contributed by atoms with Gasteiger partial charge in [0, 0.05) is 68.9 Å². The second kappa shape index (κ2) is 28.6. The average Bonchev–Trinajstić information content (AvgIpc) is 3.83. The molecule has 0 spiro atoms. The Labute approximate surface area is 432 Å². The van der Waals surface area contributed by atoms with Crippen molar-refractivity contribution in [1.82, 2.24) is 39.3 Å². The quantitative estimate of drug-likeness (QED) is 0.0350. The monoisotopic (exact) mass is 1010 g/mol. The molecular weight excluding hydrogens is 929 g/mol. The minimum absolute atomic E-state index is 0.0967. The van der Waals surface area contributed by atoms with E-state index in [4.69, 9.17) is 18.9 Å². The molecule has 3 aliphatic rings. The molecule has 73 heavy (non-hydrogen) atoms. The molecular formula is C56H84N8O9. The number of rotatable bonds is 26. The summed E-state index contributed by atoms with van der Waals surface area (Å²) >= 11 is 0. The molecule has 3 fully saturated rings. The number of fused-ring (bicyclic) bond motifs is 2. The number of likely N-dealkylation sites (tertiary alicyclic amines) is 2. The Kier molecular flexibility index (Phi) is 21.8. The van der Waals surface area contributed by atoms with Crippen molar-refractivity contribution in [1.29, 1.82) is 0 Å². The molecule has 17 heteroatoms. The van der Waals surface area contributed by atoms with Gasteiger partial charge in [0.2, 0.25) is 5.91 Å². The summed E-state index contributed by atoms with van der Waals surface area (Å²) in [5, 5.41) is 20.1. The molecule has 2 N–H and O–H groups in total. The van der Waals surface area contributed by atoms with Gasteiger partial charge in [0.25, 0.3) is 12.0 Å². The predicted octanol–water partition coefficient (Wildman–Crippen LogP) is 8.50. The van der Waals surface area contributed by atoms with Gasteiger partial charge in [-0.3, -0.25) is 19.1 Å². The van der Waals surface area contributed by atoms with E-state index in [0.29, 0.717) is 69.4 Å². The van der Waals surface area contributed by atoms with Crippen LogP contribution in [0.5, 0.6) is 0 Å². The number of ether oxygens (including phenoxy) is 4. The second-order valence-corrected chi connectivity index (χ2v) is 20.7. The normalized spacial score (nSPS) is 17.3. The molecule has 5 heterocycles. The number of benzene rings is 2. The smallest absolute Gasteiger partial charge is 0.434 e. The van der Waals surface area contributed by atoms with Crippen molar-refractivity contribution in [2.24, 2.45) is 0 Å². The fourth-order valence-electron chi connectivity index (χ4n) is 10.8. The van der Waals surface area contributed by atoms with Crippen molar-refractivity contribution < 1.29 is 38.4 Å². The number of nitrogens with zero attached hydrogens (tertiary/aromatic N) is 7. The number of aromatic nitrogens is 3. The van der Waals surface area contributed by atoms with Gasteiger partial charge in [0.15, 0.2) is 6.73 Å². The number of aliphatic hydroxyl groups is 1. The highest BCUT2D eigenvalue weighted by Gasteiger charge is 2.34. The lowest BCUT2D eigenvalue weighted by Crippen LogP contribution is -2.59. The van der Waals surface area contributed by atoms with Crippen molar-refractivity contribution in [3.8, 4) is 0 Å². The maximum absolute atomic E-state index is 14.6. The minimum atomic E-state index is -1.45. The summed E-state index contributed by atoms with van der Waals surface area (Å²) in [6.07, 6.45) is 17.9. The molecule has 2 aromatic carbocycles. The average molecular weight is 1010 g/mol. The molecule has 3 saturated heterocycles. The zero-order chi connectivity index (χ0) is 51.5. The summed E-state index contributed by atoms with van der Waals surface area (Å²) in [7, 11) is 2.17. The Hall–Kier alpha value is -5.07. The molecule has 3 aliphatic heterocycles. The Morgan fingerprint density at radius 3 is 2.12 bits per heavy atom. The number of amides is 3. The van der Waals surface area contributed by atoms with Crippen LogP contribution < -0.4 is 10.9 Å². The standard InChI is InChI=1S/C56H84N8O9/c1-5-7-9-11-13-17-33-70-55(68)72-40-63-39-46-36-43(35-42(3)51(46)58-63)37-49(53(66)61-31-29-60(30-32-61)47-23-25-59(4)26-24-47)57-54(67)62-27-21-44(22-28-62)48-38-45-19-15-16-20-50(45)64(52(48)65)41-73-56(69)71-34-18-14-12-10-8-6-2/h15-16,19-20,35-36,38-39,44,47,49,56,69H,5-14,17-18,21-34,37,40-41H2,1-4H3,(H,57,67)/t49-,56?/m1/s1. The van der Waals surface area contributed by atoms with Crippen LogP contribution in [-0.2, 0) is 43.6 Å². The number of carbonyl (C=O) groups is 3. The van der Waals surface area contributed by atoms with Crippen LogP contribution in [-0.4, -0.2) is 148 Å². The van der Waals surface area contributed by atoms with Gasteiger partial charge >= 0.3 is 12.2 Å². The van der Waals surface area contributed by atoms with Crippen LogP contribution in [0.15, 0.2) is 53.5 Å². The molecule has 7 rings (SSSR count). The lowest BCUT2D eigenvalue weighted by molar-refractivity contribution is -0.277. The van der Waals surface area contributed by atoms with Crippen LogP contribution in [0.25, 0.3) is 21.8 Å². The molecule has 4 aromatic rings. The number of pyridine rings is 1. The molecule has 0 radical (unpaired) electrons. The number of piperidine rings is 2. The summed E-state index contributed by atoms with van der Waals surface area (Å²) in [5.41, 5.74) is 3.67. The highest BCUT2D eigenvalue weighted by molar-refractivity contribution is 5.88. The number of aliphatic hydroxyl groups excluding tert-OH is 1. The number of unbranched alkanes of at least 4 members (excludes halogenated alkanes) is 10. The van der Waals surface area contributed by atoms with E-state index in [1.54, 1.807) is 14.1 Å². The van der Waals surface area contributed by atoms with E-state index in [0.717, 1.165) is 105 Å². The third kappa shape index (κ3) is 16.2.